The predicted molar refractivity (Wildman–Crippen MR) is 46.6 cm³/mol. The van der Waals surface area contributed by atoms with Crippen molar-refractivity contribution in [3.05, 3.63) is 30.1 Å². The maximum absolute atomic E-state index is 11.2. The second-order valence-corrected chi connectivity index (χ2v) is 2.79. The number of nitrogens with two attached hydrogens (primary N) is 1. The van der Waals surface area contributed by atoms with Gasteiger partial charge in [-0.3, -0.25) is 9.78 Å². The molecule has 1 aromatic rings. The molecule has 0 aliphatic rings. The minimum atomic E-state index is -0.384. The highest BCUT2D eigenvalue weighted by atomic mass is 16.1. The summed E-state index contributed by atoms with van der Waals surface area (Å²) in [6.07, 6.45) is 3.74. The van der Waals surface area contributed by atoms with Crippen LogP contribution in [-0.2, 0) is 11.2 Å². The van der Waals surface area contributed by atoms with Gasteiger partial charge in [0.05, 0.1) is 6.04 Å². The molecular weight excluding hydrogens is 152 g/mol. The Hall–Kier alpha value is -1.22. The van der Waals surface area contributed by atoms with Crippen LogP contribution in [0.2, 0.25) is 0 Å². The van der Waals surface area contributed by atoms with E-state index in [9.17, 15) is 4.79 Å². The van der Waals surface area contributed by atoms with Gasteiger partial charge < -0.3 is 5.73 Å². The van der Waals surface area contributed by atoms with Gasteiger partial charge in [0.2, 0.25) is 0 Å². The lowest BCUT2D eigenvalue weighted by Crippen LogP contribution is -2.28. The zero-order valence-electron chi connectivity index (χ0n) is 7.03. The fourth-order valence-corrected chi connectivity index (χ4v) is 0.865. The summed E-state index contributed by atoms with van der Waals surface area (Å²) in [7, 11) is 0. The van der Waals surface area contributed by atoms with E-state index in [2.05, 4.69) is 4.98 Å². The summed E-state index contributed by atoms with van der Waals surface area (Å²) in [5.41, 5.74) is 6.33. The standard InChI is InChI=1S/C9H12N2O/c1-7(10)9(12)5-8-3-2-4-11-6-8/h2-4,6-7H,5,10H2,1H3. The van der Waals surface area contributed by atoms with Crippen LogP contribution in [0.1, 0.15) is 12.5 Å². The van der Waals surface area contributed by atoms with Crippen LogP contribution in [0.25, 0.3) is 0 Å². The fourth-order valence-electron chi connectivity index (χ4n) is 0.865. The number of ketones is 1. The molecule has 1 heterocycles. The molecule has 3 heteroatoms. The van der Waals surface area contributed by atoms with Crippen LogP contribution in [0.3, 0.4) is 0 Å². The van der Waals surface area contributed by atoms with Gasteiger partial charge in [0, 0.05) is 18.8 Å². The third-order valence-corrected chi connectivity index (χ3v) is 1.61. The van der Waals surface area contributed by atoms with Gasteiger partial charge in [-0.2, -0.15) is 0 Å². The van der Waals surface area contributed by atoms with E-state index in [0.717, 1.165) is 5.56 Å². The number of carbonyl (C=O) groups is 1. The molecule has 0 amide bonds. The van der Waals surface area contributed by atoms with Crippen molar-refractivity contribution in [2.24, 2.45) is 5.73 Å². The van der Waals surface area contributed by atoms with Gasteiger partial charge in [0.15, 0.2) is 5.78 Å². The van der Waals surface area contributed by atoms with Crippen LogP contribution >= 0.6 is 0 Å². The van der Waals surface area contributed by atoms with Crippen molar-refractivity contribution < 1.29 is 4.79 Å². The van der Waals surface area contributed by atoms with E-state index in [0.29, 0.717) is 6.42 Å². The van der Waals surface area contributed by atoms with Gasteiger partial charge in [0.25, 0.3) is 0 Å². The quantitative estimate of drug-likeness (QED) is 0.709. The topological polar surface area (TPSA) is 56.0 Å². The molecule has 1 unspecified atom stereocenters. The number of pyridine rings is 1. The second kappa shape index (κ2) is 3.97. The molecule has 0 radical (unpaired) electrons. The van der Waals surface area contributed by atoms with Crippen molar-refractivity contribution in [1.29, 1.82) is 0 Å². The maximum atomic E-state index is 11.2. The summed E-state index contributed by atoms with van der Waals surface area (Å²) >= 11 is 0. The number of hydrogen-bond donors (Lipinski definition) is 1. The average Bonchev–Trinajstić information content (AvgIpc) is 2.06. The van der Waals surface area contributed by atoms with Gasteiger partial charge in [-0.15, -0.1) is 0 Å². The van der Waals surface area contributed by atoms with Crippen molar-refractivity contribution in [2.45, 2.75) is 19.4 Å². The number of nitrogens with zero attached hydrogens (tertiary/aromatic N) is 1. The van der Waals surface area contributed by atoms with E-state index in [4.69, 9.17) is 5.73 Å². The normalized spacial score (nSPS) is 12.5. The van der Waals surface area contributed by atoms with Crippen molar-refractivity contribution in [2.75, 3.05) is 0 Å². The molecule has 12 heavy (non-hydrogen) atoms. The molecule has 0 saturated carbocycles. The summed E-state index contributed by atoms with van der Waals surface area (Å²) in [6, 6.07) is 3.29. The van der Waals surface area contributed by atoms with E-state index >= 15 is 0 Å². The molecule has 0 fully saturated rings. The molecule has 1 rings (SSSR count). The molecule has 64 valence electrons. The molecule has 0 saturated heterocycles. The second-order valence-electron chi connectivity index (χ2n) is 2.79. The van der Waals surface area contributed by atoms with Crippen molar-refractivity contribution in [1.82, 2.24) is 4.98 Å². The van der Waals surface area contributed by atoms with Gasteiger partial charge in [-0.05, 0) is 18.6 Å². The first-order valence-corrected chi connectivity index (χ1v) is 3.87. The van der Waals surface area contributed by atoms with Gasteiger partial charge >= 0.3 is 0 Å². The van der Waals surface area contributed by atoms with Crippen LogP contribution in [-0.4, -0.2) is 16.8 Å². The van der Waals surface area contributed by atoms with Gasteiger partial charge in [0.1, 0.15) is 0 Å². The van der Waals surface area contributed by atoms with Crippen LogP contribution in [0, 0.1) is 0 Å². The third-order valence-electron chi connectivity index (χ3n) is 1.61. The first-order chi connectivity index (χ1) is 5.70. The van der Waals surface area contributed by atoms with E-state index in [-0.39, 0.29) is 11.8 Å². The molecule has 0 spiro atoms. The van der Waals surface area contributed by atoms with E-state index in [1.807, 2.05) is 12.1 Å². The largest absolute Gasteiger partial charge is 0.322 e. The summed E-state index contributed by atoms with van der Waals surface area (Å²) < 4.78 is 0. The number of carbonyl (C=O) groups excluding carboxylic acids is 1. The molecule has 3 nitrogen and oxygen atoms in total. The number of aromatic nitrogens is 1. The molecule has 1 aromatic heterocycles. The lowest BCUT2D eigenvalue weighted by atomic mass is 10.1. The Morgan fingerprint density at radius 2 is 2.50 bits per heavy atom. The lowest BCUT2D eigenvalue weighted by molar-refractivity contribution is -0.119. The minimum absolute atomic E-state index is 0.0444. The molecule has 0 aliphatic carbocycles. The van der Waals surface area contributed by atoms with Crippen LogP contribution in [0.15, 0.2) is 24.5 Å². The Balaban J connectivity index is 2.59. The molecular formula is C9H12N2O. The fraction of sp³-hybridized carbons (Fsp3) is 0.333. The average molecular weight is 164 g/mol. The Morgan fingerprint density at radius 3 is 3.00 bits per heavy atom. The Morgan fingerprint density at radius 1 is 1.75 bits per heavy atom. The van der Waals surface area contributed by atoms with Crippen LogP contribution in [0.5, 0.6) is 0 Å². The van der Waals surface area contributed by atoms with Gasteiger partial charge in [-0.1, -0.05) is 6.07 Å². The molecule has 1 atom stereocenters. The minimum Gasteiger partial charge on any atom is -0.322 e. The van der Waals surface area contributed by atoms with E-state index < -0.39 is 0 Å². The summed E-state index contributed by atoms with van der Waals surface area (Å²) in [6.45, 7) is 1.69. The smallest absolute Gasteiger partial charge is 0.153 e. The summed E-state index contributed by atoms with van der Waals surface area (Å²) in [4.78, 5) is 15.1. The Kier molecular flexibility index (Phi) is 2.94. The molecule has 2 N–H and O–H groups in total. The Bertz CT molecular complexity index is 256. The molecule has 0 aliphatic heterocycles. The number of Topliss-reactive ketones (excluding diaryl/α,β-unsaturated/α-hetero) is 1. The third kappa shape index (κ3) is 2.43. The zero-order chi connectivity index (χ0) is 8.97. The number of hydrogen-bond acceptors (Lipinski definition) is 3. The number of rotatable bonds is 3. The van der Waals surface area contributed by atoms with Crippen LogP contribution in [0.4, 0.5) is 0 Å². The van der Waals surface area contributed by atoms with E-state index in [1.165, 1.54) is 0 Å². The lowest BCUT2D eigenvalue weighted by Gasteiger charge is -2.02. The highest BCUT2D eigenvalue weighted by Crippen LogP contribution is 1.98. The first-order valence-electron chi connectivity index (χ1n) is 3.87. The SMILES string of the molecule is CC(N)C(=O)Cc1cccnc1. The van der Waals surface area contributed by atoms with Crippen molar-refractivity contribution >= 4 is 5.78 Å². The summed E-state index contributed by atoms with van der Waals surface area (Å²) in [5.74, 6) is 0.0444. The first kappa shape index (κ1) is 8.87. The summed E-state index contributed by atoms with van der Waals surface area (Å²) in [5, 5.41) is 0. The highest BCUT2D eigenvalue weighted by Gasteiger charge is 2.07. The zero-order valence-corrected chi connectivity index (χ0v) is 7.03. The Labute approximate surface area is 71.6 Å². The predicted octanol–water partition coefficient (Wildman–Crippen LogP) is 0.540. The van der Waals surface area contributed by atoms with Crippen molar-refractivity contribution in [3.8, 4) is 0 Å². The highest BCUT2D eigenvalue weighted by molar-refractivity contribution is 5.85. The monoisotopic (exact) mass is 164 g/mol. The van der Waals surface area contributed by atoms with Crippen molar-refractivity contribution in [3.63, 3.8) is 0 Å². The van der Waals surface area contributed by atoms with Gasteiger partial charge in [-0.25, -0.2) is 0 Å². The maximum Gasteiger partial charge on any atom is 0.153 e. The van der Waals surface area contributed by atoms with Crippen LogP contribution < -0.4 is 5.73 Å². The molecule has 0 bridgehead atoms. The molecule has 0 aromatic carbocycles. The van der Waals surface area contributed by atoms with E-state index in [1.54, 1.807) is 19.3 Å².